The van der Waals surface area contributed by atoms with Crippen molar-refractivity contribution >= 4 is 44.9 Å². The van der Waals surface area contributed by atoms with E-state index in [1.54, 1.807) is 6.07 Å². The van der Waals surface area contributed by atoms with Crippen molar-refractivity contribution in [3.63, 3.8) is 0 Å². The Bertz CT molecular complexity index is 1640. The Morgan fingerprint density at radius 1 is 1.03 bits per heavy atom. The van der Waals surface area contributed by atoms with E-state index in [-0.39, 0.29) is 11.6 Å². The summed E-state index contributed by atoms with van der Waals surface area (Å²) in [4.78, 5) is 26.9. The zero-order chi connectivity index (χ0) is 26.1. The second-order valence-corrected chi connectivity index (χ2v) is 10.0. The van der Waals surface area contributed by atoms with Crippen LogP contribution in [0.25, 0.3) is 33.3 Å². The summed E-state index contributed by atoms with van der Waals surface area (Å²) in [6, 6.07) is 21.5. The molecular formula is C29H29ClN6O2. The van der Waals surface area contributed by atoms with Crippen LogP contribution < -0.4 is 21.5 Å². The lowest BCUT2D eigenvalue weighted by atomic mass is 10.1. The first-order valence-electron chi connectivity index (χ1n) is 12.8. The maximum absolute atomic E-state index is 13.4. The molecule has 1 aliphatic heterocycles. The molecule has 38 heavy (non-hydrogen) atoms. The largest absolute Gasteiger partial charge is 0.382 e. The molecule has 5 N–H and O–H groups in total. The summed E-state index contributed by atoms with van der Waals surface area (Å²) >= 11 is 6.37. The SMILES string of the molecule is N[C@H](CNc1c(-c2nc3ccc(N4CCOCC4)cc3[nH]2)c(=O)[nH]c2ccc(Cl)cc12)Cc1ccccc1. The van der Waals surface area contributed by atoms with Gasteiger partial charge in [0.15, 0.2) is 0 Å². The molecule has 3 aromatic carbocycles. The first kappa shape index (κ1) is 24.5. The smallest absolute Gasteiger partial charge is 0.261 e. The van der Waals surface area contributed by atoms with Gasteiger partial charge in [0.2, 0.25) is 0 Å². The highest BCUT2D eigenvalue weighted by atomic mass is 35.5. The molecule has 0 aliphatic carbocycles. The molecule has 5 aromatic rings. The normalized spacial score (nSPS) is 14.7. The van der Waals surface area contributed by atoms with Crippen molar-refractivity contribution in [3.05, 3.63) is 87.7 Å². The van der Waals surface area contributed by atoms with Gasteiger partial charge in [0.25, 0.3) is 5.56 Å². The molecule has 1 saturated heterocycles. The minimum Gasteiger partial charge on any atom is -0.382 e. The number of halogens is 1. The van der Waals surface area contributed by atoms with Gasteiger partial charge in [-0.05, 0) is 48.4 Å². The summed E-state index contributed by atoms with van der Waals surface area (Å²) in [7, 11) is 0. The molecule has 8 nitrogen and oxygen atoms in total. The topological polar surface area (TPSA) is 112 Å². The minimum atomic E-state index is -0.244. The molecule has 0 saturated carbocycles. The van der Waals surface area contributed by atoms with E-state index in [2.05, 4.69) is 44.5 Å². The van der Waals surface area contributed by atoms with Crippen LogP contribution in [0.3, 0.4) is 0 Å². The number of anilines is 2. The lowest BCUT2D eigenvalue weighted by molar-refractivity contribution is 0.122. The van der Waals surface area contributed by atoms with Gasteiger partial charge in [0, 0.05) is 41.8 Å². The number of nitrogens with zero attached hydrogens (tertiary/aromatic N) is 2. The van der Waals surface area contributed by atoms with E-state index < -0.39 is 0 Å². The molecule has 0 bridgehead atoms. The molecule has 0 amide bonds. The van der Waals surface area contributed by atoms with Crippen molar-refractivity contribution < 1.29 is 4.74 Å². The van der Waals surface area contributed by atoms with Crippen molar-refractivity contribution in [2.24, 2.45) is 5.73 Å². The molecule has 194 valence electrons. The van der Waals surface area contributed by atoms with Gasteiger partial charge in [-0.2, -0.15) is 0 Å². The monoisotopic (exact) mass is 528 g/mol. The first-order chi connectivity index (χ1) is 18.5. The van der Waals surface area contributed by atoms with Crippen LogP contribution in [-0.2, 0) is 11.2 Å². The predicted molar refractivity (Wildman–Crippen MR) is 154 cm³/mol. The second kappa shape index (κ2) is 10.5. The molecule has 1 atom stereocenters. The van der Waals surface area contributed by atoms with Crippen LogP contribution in [0.4, 0.5) is 11.4 Å². The second-order valence-electron chi connectivity index (χ2n) is 9.61. The third-order valence-electron chi connectivity index (χ3n) is 6.94. The van der Waals surface area contributed by atoms with E-state index in [1.807, 2.05) is 36.4 Å². The molecular weight excluding hydrogens is 500 g/mol. The number of rotatable bonds is 7. The fourth-order valence-corrected chi connectivity index (χ4v) is 5.20. The Hall–Kier alpha value is -3.85. The molecule has 2 aromatic heterocycles. The molecule has 0 unspecified atom stereocenters. The summed E-state index contributed by atoms with van der Waals surface area (Å²) in [5, 5.41) is 4.84. The van der Waals surface area contributed by atoms with E-state index in [4.69, 9.17) is 27.1 Å². The fourth-order valence-electron chi connectivity index (χ4n) is 5.03. The number of pyridine rings is 1. The Morgan fingerprint density at radius 2 is 1.84 bits per heavy atom. The number of benzene rings is 3. The summed E-state index contributed by atoms with van der Waals surface area (Å²) < 4.78 is 5.49. The van der Waals surface area contributed by atoms with Gasteiger partial charge in [-0.3, -0.25) is 4.79 Å². The van der Waals surface area contributed by atoms with Gasteiger partial charge < -0.3 is 30.7 Å². The Labute approximate surface area is 224 Å². The quantitative estimate of drug-likeness (QED) is 0.247. The van der Waals surface area contributed by atoms with Gasteiger partial charge in [-0.15, -0.1) is 0 Å². The number of fused-ring (bicyclic) bond motifs is 2. The number of hydrogen-bond acceptors (Lipinski definition) is 6. The van der Waals surface area contributed by atoms with E-state index in [1.165, 1.54) is 0 Å². The lowest BCUT2D eigenvalue weighted by Crippen LogP contribution is -2.36. The summed E-state index contributed by atoms with van der Waals surface area (Å²) in [6.45, 7) is 3.57. The van der Waals surface area contributed by atoms with Crippen LogP contribution in [0.1, 0.15) is 5.56 Å². The average Bonchev–Trinajstić information content (AvgIpc) is 3.36. The van der Waals surface area contributed by atoms with Crippen molar-refractivity contribution in [2.75, 3.05) is 43.1 Å². The highest BCUT2D eigenvalue weighted by Gasteiger charge is 2.20. The molecule has 1 aliphatic rings. The standard InChI is InChI=1S/C29H29ClN6O2/c30-19-6-8-23-22(15-19)27(32-17-20(31)14-18-4-2-1-3-5-18)26(29(37)35-23)28-33-24-9-7-21(16-25(24)34-28)36-10-12-38-13-11-36/h1-9,15-16,20H,10-14,17,31H2,(H,33,34)(H2,32,35,37)/t20-/m0/s1. The van der Waals surface area contributed by atoms with Crippen LogP contribution in [-0.4, -0.2) is 53.8 Å². The zero-order valence-electron chi connectivity index (χ0n) is 20.8. The number of imidazole rings is 1. The van der Waals surface area contributed by atoms with Gasteiger partial charge in [0.1, 0.15) is 11.4 Å². The fraction of sp³-hybridized carbons (Fsp3) is 0.241. The van der Waals surface area contributed by atoms with Crippen molar-refractivity contribution in [3.8, 4) is 11.4 Å². The average molecular weight is 529 g/mol. The Morgan fingerprint density at radius 3 is 2.66 bits per heavy atom. The number of morpholine rings is 1. The number of ether oxygens (including phenoxy) is 1. The number of aromatic amines is 2. The van der Waals surface area contributed by atoms with Gasteiger partial charge in [-0.1, -0.05) is 41.9 Å². The Kier molecular flexibility index (Phi) is 6.76. The number of aromatic nitrogens is 3. The van der Waals surface area contributed by atoms with Crippen LogP contribution in [0.2, 0.25) is 5.02 Å². The van der Waals surface area contributed by atoms with Crippen LogP contribution in [0.15, 0.2) is 71.5 Å². The number of H-pyrrole nitrogens is 2. The predicted octanol–water partition coefficient (Wildman–Crippen LogP) is 4.54. The first-order valence-corrected chi connectivity index (χ1v) is 13.1. The summed E-state index contributed by atoms with van der Waals surface area (Å²) in [6.07, 6.45) is 0.708. The number of nitrogens with two attached hydrogens (primary N) is 1. The molecule has 6 rings (SSSR count). The van der Waals surface area contributed by atoms with Gasteiger partial charge in [0.05, 0.1) is 35.5 Å². The minimum absolute atomic E-state index is 0.162. The molecule has 9 heteroatoms. The maximum atomic E-state index is 13.4. The Balaban J connectivity index is 1.38. The molecule has 0 spiro atoms. The molecule has 1 fully saturated rings. The highest BCUT2D eigenvalue weighted by Crippen LogP contribution is 2.33. The maximum Gasteiger partial charge on any atom is 0.261 e. The van der Waals surface area contributed by atoms with E-state index >= 15 is 0 Å². The molecule has 0 radical (unpaired) electrons. The summed E-state index contributed by atoms with van der Waals surface area (Å²) in [5.41, 5.74) is 11.9. The van der Waals surface area contributed by atoms with Gasteiger partial charge >= 0.3 is 0 Å². The van der Waals surface area contributed by atoms with Crippen molar-refractivity contribution in [1.82, 2.24) is 15.0 Å². The highest BCUT2D eigenvalue weighted by molar-refractivity contribution is 6.31. The van der Waals surface area contributed by atoms with E-state index in [0.717, 1.165) is 40.8 Å². The van der Waals surface area contributed by atoms with Crippen LogP contribution in [0.5, 0.6) is 0 Å². The van der Waals surface area contributed by atoms with Gasteiger partial charge in [-0.25, -0.2) is 4.98 Å². The third-order valence-corrected chi connectivity index (χ3v) is 7.17. The zero-order valence-corrected chi connectivity index (χ0v) is 21.6. The van der Waals surface area contributed by atoms with E-state index in [0.29, 0.717) is 53.8 Å². The van der Waals surface area contributed by atoms with Crippen LogP contribution >= 0.6 is 11.6 Å². The number of hydrogen-bond donors (Lipinski definition) is 4. The third kappa shape index (κ3) is 4.98. The van der Waals surface area contributed by atoms with Crippen molar-refractivity contribution in [2.45, 2.75) is 12.5 Å². The van der Waals surface area contributed by atoms with Crippen LogP contribution in [0, 0.1) is 0 Å². The van der Waals surface area contributed by atoms with Crippen molar-refractivity contribution in [1.29, 1.82) is 0 Å². The summed E-state index contributed by atoms with van der Waals surface area (Å²) in [5.74, 6) is 0.487. The number of nitrogens with one attached hydrogen (secondary N) is 3. The molecule has 3 heterocycles. The lowest BCUT2D eigenvalue weighted by Gasteiger charge is -2.28. The van der Waals surface area contributed by atoms with E-state index in [9.17, 15) is 4.79 Å².